The summed E-state index contributed by atoms with van der Waals surface area (Å²) in [6.07, 6.45) is 8.54. The highest BCUT2D eigenvalue weighted by atomic mass is 14.7. The Morgan fingerprint density at radius 1 is 1.42 bits per heavy atom. The Kier molecular flexibility index (Phi) is 3.27. The van der Waals surface area contributed by atoms with Gasteiger partial charge in [0.2, 0.25) is 0 Å². The van der Waals surface area contributed by atoms with Crippen LogP contribution in [0, 0.1) is 5.92 Å². The minimum atomic E-state index is 0.598. The van der Waals surface area contributed by atoms with Gasteiger partial charge in [-0.15, -0.1) is 0 Å². The van der Waals surface area contributed by atoms with E-state index in [0.717, 1.165) is 12.8 Å². The molecule has 0 amide bonds. The molecular formula is C11H17N. The van der Waals surface area contributed by atoms with E-state index >= 15 is 0 Å². The van der Waals surface area contributed by atoms with Crippen molar-refractivity contribution in [1.82, 2.24) is 0 Å². The highest BCUT2D eigenvalue weighted by Crippen LogP contribution is 2.14. The zero-order chi connectivity index (χ0) is 8.97. The van der Waals surface area contributed by atoms with Gasteiger partial charge >= 0.3 is 0 Å². The van der Waals surface area contributed by atoms with Crippen molar-refractivity contribution in [3.05, 3.63) is 23.4 Å². The Morgan fingerprint density at radius 3 is 2.83 bits per heavy atom. The van der Waals surface area contributed by atoms with E-state index in [1.807, 2.05) is 12.4 Å². The molecule has 0 unspecified atom stereocenters. The van der Waals surface area contributed by atoms with E-state index < -0.39 is 0 Å². The van der Waals surface area contributed by atoms with Gasteiger partial charge in [-0.1, -0.05) is 25.5 Å². The summed E-state index contributed by atoms with van der Waals surface area (Å²) in [7, 11) is 0. The van der Waals surface area contributed by atoms with Gasteiger partial charge < -0.3 is 0 Å². The maximum Gasteiger partial charge on any atom is 0.0299 e. The van der Waals surface area contributed by atoms with Gasteiger partial charge in [0.1, 0.15) is 0 Å². The van der Waals surface area contributed by atoms with Gasteiger partial charge in [0, 0.05) is 12.4 Å². The van der Waals surface area contributed by atoms with Crippen LogP contribution in [0.2, 0.25) is 0 Å². The van der Waals surface area contributed by atoms with Gasteiger partial charge in [-0.25, -0.2) is 0 Å². The van der Waals surface area contributed by atoms with Crippen molar-refractivity contribution >= 4 is 6.21 Å². The molecule has 0 aliphatic carbocycles. The lowest BCUT2D eigenvalue weighted by Gasteiger charge is -2.07. The first-order chi connectivity index (χ1) is 5.70. The molecule has 0 radical (unpaired) electrons. The maximum absolute atomic E-state index is 4.26. The van der Waals surface area contributed by atoms with Crippen LogP contribution in [0.5, 0.6) is 0 Å². The third-order valence-corrected chi connectivity index (χ3v) is 2.10. The third-order valence-electron chi connectivity index (χ3n) is 2.10. The molecule has 0 aromatic carbocycles. The molecule has 0 atom stereocenters. The first kappa shape index (κ1) is 9.24. The predicted molar refractivity (Wildman–Crippen MR) is 54.4 cm³/mol. The van der Waals surface area contributed by atoms with Gasteiger partial charge in [-0.2, -0.15) is 0 Å². The molecule has 12 heavy (non-hydrogen) atoms. The number of hydrogen-bond acceptors (Lipinski definition) is 1. The standard InChI is InChI=1S/C11H17N/c1-9(2)11-6-4-5-10(3)7-12-8-11/h6-9H,4-5H2,1-3H3/b10-7-,11-6+,12-8+. The molecule has 1 heterocycles. The van der Waals surface area contributed by atoms with Gasteiger partial charge in [0.05, 0.1) is 0 Å². The molecule has 1 nitrogen and oxygen atoms in total. The zero-order valence-electron chi connectivity index (χ0n) is 8.17. The summed E-state index contributed by atoms with van der Waals surface area (Å²) in [5, 5.41) is 0. The van der Waals surface area contributed by atoms with E-state index in [2.05, 4.69) is 31.8 Å². The molecule has 1 rings (SSSR count). The minimum Gasteiger partial charge on any atom is -0.265 e. The molecule has 1 heteroatoms. The molecular weight excluding hydrogens is 146 g/mol. The second kappa shape index (κ2) is 4.24. The van der Waals surface area contributed by atoms with Crippen LogP contribution in [0.25, 0.3) is 0 Å². The number of aliphatic imine (C=N–C) groups is 1. The van der Waals surface area contributed by atoms with Gasteiger partial charge in [0.25, 0.3) is 0 Å². The Balaban J connectivity index is 2.73. The molecule has 0 saturated heterocycles. The second-order valence-corrected chi connectivity index (χ2v) is 3.65. The monoisotopic (exact) mass is 163 g/mol. The molecule has 0 aromatic heterocycles. The van der Waals surface area contributed by atoms with Crippen molar-refractivity contribution in [1.29, 1.82) is 0 Å². The lowest BCUT2D eigenvalue weighted by molar-refractivity contribution is 0.793. The number of nitrogens with zero attached hydrogens (tertiary/aromatic N) is 1. The average Bonchev–Trinajstić information content (AvgIpc) is 1.95. The smallest absolute Gasteiger partial charge is 0.0299 e. The minimum absolute atomic E-state index is 0.598. The summed E-state index contributed by atoms with van der Waals surface area (Å²) in [6, 6.07) is 0. The molecule has 0 bridgehead atoms. The van der Waals surface area contributed by atoms with E-state index in [-0.39, 0.29) is 0 Å². The summed E-state index contributed by atoms with van der Waals surface area (Å²) in [4.78, 5) is 4.26. The first-order valence-corrected chi connectivity index (χ1v) is 4.59. The predicted octanol–water partition coefficient (Wildman–Crippen LogP) is 3.34. The molecule has 66 valence electrons. The fourth-order valence-corrected chi connectivity index (χ4v) is 1.22. The van der Waals surface area contributed by atoms with Gasteiger partial charge in [-0.3, -0.25) is 4.99 Å². The normalized spacial score (nSPS) is 29.7. The van der Waals surface area contributed by atoms with Crippen molar-refractivity contribution in [2.75, 3.05) is 0 Å². The molecule has 0 N–H and O–H groups in total. The van der Waals surface area contributed by atoms with Crippen molar-refractivity contribution in [3.8, 4) is 0 Å². The number of rotatable bonds is 1. The Hall–Kier alpha value is -0.850. The summed E-state index contributed by atoms with van der Waals surface area (Å²) in [5.74, 6) is 0.598. The van der Waals surface area contributed by atoms with Crippen LogP contribution < -0.4 is 0 Å². The number of allylic oxidation sites excluding steroid dienone is 3. The van der Waals surface area contributed by atoms with E-state index in [9.17, 15) is 0 Å². The maximum atomic E-state index is 4.26. The average molecular weight is 163 g/mol. The van der Waals surface area contributed by atoms with Crippen molar-refractivity contribution in [2.24, 2.45) is 10.9 Å². The molecule has 1 aliphatic heterocycles. The Morgan fingerprint density at radius 2 is 2.17 bits per heavy atom. The van der Waals surface area contributed by atoms with Gasteiger partial charge in [0.15, 0.2) is 0 Å². The second-order valence-electron chi connectivity index (χ2n) is 3.65. The molecule has 0 saturated carbocycles. The van der Waals surface area contributed by atoms with Gasteiger partial charge in [-0.05, 0) is 31.3 Å². The Bertz CT molecular complexity index is 231. The zero-order valence-corrected chi connectivity index (χ0v) is 8.17. The first-order valence-electron chi connectivity index (χ1n) is 4.59. The molecule has 0 spiro atoms. The van der Waals surface area contributed by atoms with Crippen LogP contribution in [0.1, 0.15) is 33.6 Å². The SMILES string of the molecule is C/C1=C/N=C/C(C(C)C)=C\CC1. The lowest BCUT2D eigenvalue weighted by atomic mass is 10.0. The van der Waals surface area contributed by atoms with Crippen LogP contribution in [0.4, 0.5) is 0 Å². The number of hydrogen-bond donors (Lipinski definition) is 0. The van der Waals surface area contributed by atoms with Crippen molar-refractivity contribution in [3.63, 3.8) is 0 Å². The molecule has 1 aliphatic rings. The third kappa shape index (κ3) is 2.65. The van der Waals surface area contributed by atoms with E-state index in [1.54, 1.807) is 0 Å². The van der Waals surface area contributed by atoms with Crippen LogP contribution in [0.3, 0.4) is 0 Å². The van der Waals surface area contributed by atoms with Crippen molar-refractivity contribution < 1.29 is 0 Å². The summed E-state index contributed by atoms with van der Waals surface area (Å²) in [6.45, 7) is 6.54. The van der Waals surface area contributed by atoms with E-state index in [4.69, 9.17) is 0 Å². The van der Waals surface area contributed by atoms with Crippen LogP contribution in [-0.4, -0.2) is 6.21 Å². The van der Waals surface area contributed by atoms with Crippen LogP contribution in [-0.2, 0) is 0 Å². The van der Waals surface area contributed by atoms with Crippen molar-refractivity contribution in [2.45, 2.75) is 33.6 Å². The summed E-state index contributed by atoms with van der Waals surface area (Å²) in [5.41, 5.74) is 2.73. The van der Waals surface area contributed by atoms with Crippen LogP contribution >= 0.6 is 0 Å². The Labute approximate surface area is 74.9 Å². The fourth-order valence-electron chi connectivity index (χ4n) is 1.22. The van der Waals surface area contributed by atoms with E-state index in [1.165, 1.54) is 11.1 Å². The topological polar surface area (TPSA) is 12.4 Å². The lowest BCUT2D eigenvalue weighted by Crippen LogP contribution is -1.96. The molecule has 0 aromatic rings. The highest BCUT2D eigenvalue weighted by Gasteiger charge is 2.00. The summed E-state index contributed by atoms with van der Waals surface area (Å²) >= 11 is 0. The highest BCUT2D eigenvalue weighted by molar-refractivity contribution is 5.79. The van der Waals surface area contributed by atoms with Crippen LogP contribution in [0.15, 0.2) is 28.4 Å². The quantitative estimate of drug-likeness (QED) is 0.562. The fraction of sp³-hybridized carbons (Fsp3) is 0.545. The van der Waals surface area contributed by atoms with E-state index in [0.29, 0.717) is 5.92 Å². The summed E-state index contributed by atoms with van der Waals surface area (Å²) < 4.78 is 0. The molecule has 0 fully saturated rings. The largest absolute Gasteiger partial charge is 0.265 e.